The van der Waals surface area contributed by atoms with Crippen LogP contribution in [-0.2, 0) is 0 Å². The number of ether oxygens (including phenoxy) is 1. The van der Waals surface area contributed by atoms with Gasteiger partial charge in [0.05, 0.1) is 18.2 Å². The van der Waals surface area contributed by atoms with Crippen LogP contribution < -0.4 is 19.9 Å². The zero-order valence-corrected chi connectivity index (χ0v) is 19.7. The Morgan fingerprint density at radius 2 is 1.74 bits per heavy atom. The molecule has 6 heteroatoms. The molecule has 0 radical (unpaired) electrons. The molecule has 1 N–H and O–H groups in total. The first-order valence-corrected chi connectivity index (χ1v) is 12.5. The molecular weight excluding hydrogens is 424 g/mol. The number of nitrogens with one attached hydrogen (secondary N) is 1. The van der Waals surface area contributed by atoms with Crippen LogP contribution in [0, 0.1) is 11.8 Å². The van der Waals surface area contributed by atoms with Gasteiger partial charge in [0.2, 0.25) is 0 Å². The van der Waals surface area contributed by atoms with Crippen molar-refractivity contribution in [3.63, 3.8) is 0 Å². The predicted molar refractivity (Wildman–Crippen MR) is 136 cm³/mol. The third kappa shape index (κ3) is 3.95. The maximum atomic E-state index is 13.4. The number of carbonyl (C=O) groups is 1. The molecular formula is C28H32N4O2. The molecule has 176 valence electrons. The van der Waals surface area contributed by atoms with E-state index in [2.05, 4.69) is 27.2 Å². The minimum Gasteiger partial charge on any atom is -0.497 e. The fourth-order valence-electron chi connectivity index (χ4n) is 6.17. The largest absolute Gasteiger partial charge is 0.497 e. The van der Waals surface area contributed by atoms with E-state index in [0.29, 0.717) is 12.0 Å². The number of piperazine rings is 1. The Morgan fingerprint density at radius 1 is 0.971 bits per heavy atom. The van der Waals surface area contributed by atoms with Crippen molar-refractivity contribution in [3.05, 3.63) is 60.2 Å². The summed E-state index contributed by atoms with van der Waals surface area (Å²) in [4.78, 5) is 23.1. The molecule has 1 aromatic heterocycles. The van der Waals surface area contributed by atoms with Gasteiger partial charge in [-0.2, -0.15) is 0 Å². The van der Waals surface area contributed by atoms with Gasteiger partial charge in [0, 0.05) is 43.3 Å². The number of carbonyl (C=O) groups excluding carboxylic acids is 1. The van der Waals surface area contributed by atoms with Crippen molar-refractivity contribution in [2.24, 2.45) is 11.8 Å². The summed E-state index contributed by atoms with van der Waals surface area (Å²) in [5.41, 5.74) is 2.84. The molecule has 3 aromatic rings. The molecule has 1 aliphatic heterocycles. The Labute approximate surface area is 200 Å². The van der Waals surface area contributed by atoms with Crippen LogP contribution in [0.15, 0.2) is 54.6 Å². The van der Waals surface area contributed by atoms with Gasteiger partial charge in [0.1, 0.15) is 11.6 Å². The molecule has 1 unspecified atom stereocenters. The maximum Gasteiger partial charge on any atom is 0.252 e. The average Bonchev–Trinajstić information content (AvgIpc) is 3.52. The van der Waals surface area contributed by atoms with Crippen molar-refractivity contribution in [2.75, 3.05) is 43.1 Å². The molecule has 3 fully saturated rings. The minimum atomic E-state index is 0.0502. The summed E-state index contributed by atoms with van der Waals surface area (Å²) < 4.78 is 5.29. The molecule has 3 atom stereocenters. The quantitative estimate of drug-likeness (QED) is 0.613. The van der Waals surface area contributed by atoms with E-state index in [-0.39, 0.29) is 5.91 Å². The summed E-state index contributed by atoms with van der Waals surface area (Å²) in [6.45, 7) is 3.55. The van der Waals surface area contributed by atoms with Crippen molar-refractivity contribution >= 4 is 28.3 Å². The van der Waals surface area contributed by atoms with Gasteiger partial charge in [0.25, 0.3) is 5.91 Å². The van der Waals surface area contributed by atoms with Crippen LogP contribution in [0.1, 0.15) is 36.0 Å². The van der Waals surface area contributed by atoms with Crippen LogP contribution in [0.4, 0.5) is 11.5 Å². The minimum absolute atomic E-state index is 0.0502. The zero-order valence-electron chi connectivity index (χ0n) is 19.7. The van der Waals surface area contributed by atoms with E-state index < -0.39 is 0 Å². The molecule has 3 aliphatic rings. The zero-order chi connectivity index (χ0) is 23.1. The molecule has 1 saturated heterocycles. The monoisotopic (exact) mass is 456 g/mol. The summed E-state index contributed by atoms with van der Waals surface area (Å²) in [5, 5.41) is 4.32. The van der Waals surface area contributed by atoms with Crippen molar-refractivity contribution < 1.29 is 9.53 Å². The second kappa shape index (κ2) is 8.82. The van der Waals surface area contributed by atoms with Crippen molar-refractivity contribution in [1.29, 1.82) is 0 Å². The van der Waals surface area contributed by atoms with Gasteiger partial charge in [-0.25, -0.2) is 4.98 Å². The number of aromatic nitrogens is 1. The summed E-state index contributed by atoms with van der Waals surface area (Å²) in [5.74, 6) is 3.29. The average molecular weight is 457 g/mol. The van der Waals surface area contributed by atoms with Gasteiger partial charge in [-0.1, -0.05) is 24.6 Å². The van der Waals surface area contributed by atoms with E-state index in [0.717, 1.165) is 66.6 Å². The number of para-hydroxylation sites is 1. The number of methoxy groups -OCH3 is 1. The van der Waals surface area contributed by atoms with Gasteiger partial charge >= 0.3 is 0 Å². The van der Waals surface area contributed by atoms with E-state index in [4.69, 9.17) is 9.72 Å². The first kappa shape index (κ1) is 21.3. The molecule has 34 heavy (non-hydrogen) atoms. The number of rotatable bonds is 5. The maximum absolute atomic E-state index is 13.4. The lowest BCUT2D eigenvalue weighted by molar-refractivity contribution is 0.0924. The van der Waals surface area contributed by atoms with E-state index in [1.807, 2.05) is 42.5 Å². The topological polar surface area (TPSA) is 57.7 Å². The number of pyridine rings is 1. The normalized spacial score (nSPS) is 24.0. The fraction of sp³-hybridized carbons (Fsp3) is 0.429. The van der Waals surface area contributed by atoms with Crippen LogP contribution in [0.2, 0.25) is 0 Å². The third-order valence-corrected chi connectivity index (χ3v) is 8.04. The molecule has 6 nitrogen and oxygen atoms in total. The third-order valence-electron chi connectivity index (χ3n) is 8.04. The first-order valence-electron chi connectivity index (χ1n) is 12.5. The first-order chi connectivity index (χ1) is 16.7. The highest BCUT2D eigenvalue weighted by Gasteiger charge is 2.40. The highest BCUT2D eigenvalue weighted by Crippen LogP contribution is 2.44. The molecule has 2 heterocycles. The van der Waals surface area contributed by atoms with E-state index in [1.165, 1.54) is 24.9 Å². The molecule has 1 amide bonds. The molecule has 2 aliphatic carbocycles. The van der Waals surface area contributed by atoms with Crippen molar-refractivity contribution in [1.82, 2.24) is 10.3 Å². The number of fused-ring (bicyclic) bond motifs is 3. The number of benzene rings is 2. The van der Waals surface area contributed by atoms with E-state index >= 15 is 0 Å². The van der Waals surface area contributed by atoms with Crippen molar-refractivity contribution in [3.8, 4) is 5.75 Å². The molecule has 2 bridgehead atoms. The van der Waals surface area contributed by atoms with E-state index in [1.54, 1.807) is 7.11 Å². The Hall–Kier alpha value is -3.28. The summed E-state index contributed by atoms with van der Waals surface area (Å²) in [6.07, 6.45) is 5.02. The molecule has 6 rings (SSSR count). The number of amides is 1. The van der Waals surface area contributed by atoms with Crippen molar-refractivity contribution in [2.45, 2.75) is 31.7 Å². The van der Waals surface area contributed by atoms with Gasteiger partial charge in [0.15, 0.2) is 0 Å². The second-order valence-electron chi connectivity index (χ2n) is 9.97. The lowest BCUT2D eigenvalue weighted by Crippen LogP contribution is -2.47. The number of anilines is 2. The molecule has 0 spiro atoms. The second-order valence-corrected chi connectivity index (χ2v) is 9.97. The van der Waals surface area contributed by atoms with Gasteiger partial charge in [-0.15, -0.1) is 0 Å². The number of hydrogen-bond donors (Lipinski definition) is 1. The predicted octanol–water partition coefficient (Wildman–Crippen LogP) is 4.49. The highest BCUT2D eigenvalue weighted by molar-refractivity contribution is 6.07. The standard InChI is InChI=1S/C28H32N4O2/c1-34-22-10-8-21(9-11-22)31-12-14-32(15-13-31)27-18-24(23-4-2-3-5-25(23)29-27)28(33)30-26-17-19-6-7-20(26)16-19/h2-5,8-11,18-20,26H,6-7,12-17H2,1H3,(H,30,33)/t19-,20+,26?/m0/s1. The number of nitrogens with zero attached hydrogens (tertiary/aromatic N) is 3. The Morgan fingerprint density at radius 3 is 2.44 bits per heavy atom. The van der Waals surface area contributed by atoms with Gasteiger partial charge in [-0.3, -0.25) is 4.79 Å². The smallest absolute Gasteiger partial charge is 0.252 e. The van der Waals surface area contributed by atoms with Gasteiger partial charge < -0.3 is 19.9 Å². The van der Waals surface area contributed by atoms with Gasteiger partial charge in [-0.05, 0) is 67.5 Å². The van der Waals surface area contributed by atoms with E-state index in [9.17, 15) is 4.79 Å². The van der Waals surface area contributed by atoms with Crippen LogP contribution in [0.5, 0.6) is 5.75 Å². The Bertz CT molecular complexity index is 1190. The molecule has 2 aromatic carbocycles. The summed E-state index contributed by atoms with van der Waals surface area (Å²) in [7, 11) is 1.69. The summed E-state index contributed by atoms with van der Waals surface area (Å²) in [6, 6.07) is 18.6. The Kier molecular flexibility index (Phi) is 5.52. The lowest BCUT2D eigenvalue weighted by Gasteiger charge is -2.37. The fourth-order valence-corrected chi connectivity index (χ4v) is 6.17. The van der Waals surface area contributed by atoms with Crippen LogP contribution in [0.3, 0.4) is 0 Å². The summed E-state index contributed by atoms with van der Waals surface area (Å²) >= 11 is 0. The lowest BCUT2D eigenvalue weighted by atomic mass is 9.95. The number of hydrogen-bond acceptors (Lipinski definition) is 5. The van der Waals surface area contributed by atoms with Crippen LogP contribution in [-0.4, -0.2) is 50.2 Å². The van der Waals surface area contributed by atoms with Crippen LogP contribution in [0.25, 0.3) is 10.9 Å². The highest BCUT2D eigenvalue weighted by atomic mass is 16.5. The Balaban J connectivity index is 1.21. The van der Waals surface area contributed by atoms with Crippen LogP contribution >= 0.6 is 0 Å². The SMILES string of the molecule is COc1ccc(N2CCN(c3cc(C(=O)NC4C[C@H]5CC[C@@H]4C5)c4ccccc4n3)CC2)cc1. The molecule has 2 saturated carbocycles.